The zero-order valence-corrected chi connectivity index (χ0v) is 21.7. The molecule has 1 atom stereocenters. The van der Waals surface area contributed by atoms with Crippen molar-refractivity contribution in [2.45, 2.75) is 52.0 Å². The van der Waals surface area contributed by atoms with Crippen molar-refractivity contribution in [1.29, 1.82) is 0 Å². The predicted octanol–water partition coefficient (Wildman–Crippen LogP) is 5.81. The SMILES string of the molecule is C=C(/C=C1/N=C(C(=O)N2CCCC3(CC=CC3)C2C)C=C(CC)N1C)c1ccc(/C=C/C(=O)O)cc1F. The number of hydrogen-bond acceptors (Lipinski definition) is 4. The second-order valence-electron chi connectivity index (χ2n) is 10.0. The van der Waals surface area contributed by atoms with Crippen LogP contribution in [0.4, 0.5) is 4.39 Å². The Morgan fingerprint density at radius 1 is 1.30 bits per heavy atom. The molecule has 194 valence electrons. The van der Waals surface area contributed by atoms with Crippen LogP contribution in [0.1, 0.15) is 57.1 Å². The summed E-state index contributed by atoms with van der Waals surface area (Å²) >= 11 is 0. The first-order valence-electron chi connectivity index (χ1n) is 12.8. The monoisotopic (exact) mass is 503 g/mol. The van der Waals surface area contributed by atoms with E-state index in [0.29, 0.717) is 35.6 Å². The summed E-state index contributed by atoms with van der Waals surface area (Å²) in [6.07, 6.45) is 15.1. The van der Waals surface area contributed by atoms with Gasteiger partial charge in [-0.15, -0.1) is 0 Å². The second-order valence-corrected chi connectivity index (χ2v) is 10.0. The van der Waals surface area contributed by atoms with E-state index in [0.717, 1.165) is 37.5 Å². The van der Waals surface area contributed by atoms with Gasteiger partial charge in [0.05, 0.1) is 0 Å². The molecular weight excluding hydrogens is 469 g/mol. The average molecular weight is 504 g/mol. The number of rotatable bonds is 6. The molecule has 1 amide bonds. The minimum absolute atomic E-state index is 0.0743. The number of aliphatic imine (C=N–C) groups is 1. The molecular formula is C30H34FN3O3. The highest BCUT2D eigenvalue weighted by atomic mass is 19.1. The molecule has 4 rings (SSSR count). The third-order valence-electron chi connectivity index (χ3n) is 7.86. The highest BCUT2D eigenvalue weighted by Crippen LogP contribution is 2.46. The van der Waals surface area contributed by atoms with E-state index in [1.807, 2.05) is 29.8 Å². The normalized spacial score (nSPS) is 22.1. The third-order valence-corrected chi connectivity index (χ3v) is 7.86. The van der Waals surface area contributed by atoms with Crippen molar-refractivity contribution in [3.05, 3.63) is 83.6 Å². The molecule has 0 radical (unpaired) electrons. The molecule has 1 spiro atoms. The number of halogens is 1. The van der Waals surface area contributed by atoms with Gasteiger partial charge in [0.1, 0.15) is 17.3 Å². The summed E-state index contributed by atoms with van der Waals surface area (Å²) in [7, 11) is 1.87. The highest BCUT2D eigenvalue weighted by molar-refractivity contribution is 6.43. The lowest BCUT2D eigenvalue weighted by atomic mass is 9.71. The fourth-order valence-electron chi connectivity index (χ4n) is 5.53. The van der Waals surface area contributed by atoms with Crippen molar-refractivity contribution >= 4 is 29.2 Å². The first kappa shape index (κ1) is 26.3. The first-order chi connectivity index (χ1) is 17.6. The number of aliphatic carboxylic acids is 1. The van der Waals surface area contributed by atoms with Crippen LogP contribution >= 0.6 is 0 Å². The standard InChI is InChI=1S/C30H34FN3O3/c1-5-23-19-26(29(37)34-16-8-15-30(21(34)3)13-6-7-14-30)32-27(33(23)4)17-20(2)24-11-9-22(18-25(24)31)10-12-28(35)36/h6-7,9-12,17-19,21H,2,5,8,13-16H2,1,3-4H3,(H,35,36)/b12-10+,27-17-. The Balaban J connectivity index is 1.61. The third kappa shape index (κ3) is 5.36. The van der Waals surface area contributed by atoms with Gasteiger partial charge in [-0.2, -0.15) is 0 Å². The number of piperidine rings is 1. The van der Waals surface area contributed by atoms with Crippen LogP contribution in [0.25, 0.3) is 11.6 Å². The number of hydrogen-bond donors (Lipinski definition) is 1. The number of allylic oxidation sites excluding steroid dienone is 5. The maximum Gasteiger partial charge on any atom is 0.328 e. The summed E-state index contributed by atoms with van der Waals surface area (Å²) in [6, 6.07) is 4.59. The molecule has 1 fully saturated rings. The van der Waals surface area contributed by atoms with Gasteiger partial charge < -0.3 is 14.9 Å². The molecule has 1 N–H and O–H groups in total. The Hall–Kier alpha value is -3.74. The van der Waals surface area contributed by atoms with Crippen molar-refractivity contribution in [1.82, 2.24) is 9.80 Å². The molecule has 0 saturated carbocycles. The summed E-state index contributed by atoms with van der Waals surface area (Å²) in [4.78, 5) is 33.0. The van der Waals surface area contributed by atoms with Crippen LogP contribution in [0, 0.1) is 11.2 Å². The van der Waals surface area contributed by atoms with E-state index >= 15 is 0 Å². The Morgan fingerprint density at radius 2 is 2.03 bits per heavy atom. The summed E-state index contributed by atoms with van der Waals surface area (Å²) in [5.74, 6) is -1.17. The first-order valence-corrected chi connectivity index (χ1v) is 12.8. The number of carboxylic acid groups (broad SMARTS) is 1. The van der Waals surface area contributed by atoms with Crippen LogP contribution in [-0.2, 0) is 9.59 Å². The molecule has 2 heterocycles. The van der Waals surface area contributed by atoms with Gasteiger partial charge in [-0.1, -0.05) is 37.8 Å². The molecule has 1 aliphatic carbocycles. The largest absolute Gasteiger partial charge is 0.478 e. The number of likely N-dealkylation sites (tertiary alicyclic amines) is 1. The molecule has 2 aliphatic heterocycles. The molecule has 0 bridgehead atoms. The minimum atomic E-state index is -1.10. The number of carboxylic acids is 1. The lowest BCUT2D eigenvalue weighted by Crippen LogP contribution is -2.54. The van der Waals surface area contributed by atoms with Gasteiger partial charge in [-0.05, 0) is 79.9 Å². The number of carbonyl (C=O) groups is 2. The Morgan fingerprint density at radius 3 is 2.68 bits per heavy atom. The second kappa shape index (κ2) is 10.7. The molecule has 1 unspecified atom stereocenters. The van der Waals surface area contributed by atoms with Crippen LogP contribution in [0.5, 0.6) is 0 Å². The number of amides is 1. The lowest BCUT2D eigenvalue weighted by Gasteiger charge is -2.47. The van der Waals surface area contributed by atoms with Crippen LogP contribution in [0.3, 0.4) is 0 Å². The smallest absolute Gasteiger partial charge is 0.328 e. The van der Waals surface area contributed by atoms with E-state index in [-0.39, 0.29) is 22.9 Å². The average Bonchev–Trinajstić information content (AvgIpc) is 3.34. The molecule has 3 aliphatic rings. The summed E-state index contributed by atoms with van der Waals surface area (Å²) in [6.45, 7) is 8.93. The van der Waals surface area contributed by atoms with Crippen LogP contribution in [0.15, 0.2) is 71.7 Å². The fourth-order valence-corrected chi connectivity index (χ4v) is 5.53. The Bertz CT molecular complexity index is 1260. The van der Waals surface area contributed by atoms with Crippen LogP contribution < -0.4 is 0 Å². The molecule has 0 aromatic heterocycles. The number of carbonyl (C=O) groups excluding carboxylic acids is 1. The number of benzene rings is 1. The maximum atomic E-state index is 14.9. The van der Waals surface area contributed by atoms with E-state index in [2.05, 4.69) is 25.7 Å². The molecule has 1 aromatic carbocycles. The maximum absolute atomic E-state index is 14.9. The van der Waals surface area contributed by atoms with Crippen molar-refractivity contribution < 1.29 is 19.1 Å². The summed E-state index contributed by atoms with van der Waals surface area (Å²) in [5, 5.41) is 8.79. The Labute approximate surface area is 217 Å². The van der Waals surface area contributed by atoms with Gasteiger partial charge >= 0.3 is 5.97 Å². The van der Waals surface area contributed by atoms with E-state index in [1.165, 1.54) is 12.1 Å². The van der Waals surface area contributed by atoms with Gasteiger partial charge in [0.15, 0.2) is 0 Å². The zero-order chi connectivity index (χ0) is 26.7. The van der Waals surface area contributed by atoms with Crippen molar-refractivity contribution in [2.75, 3.05) is 13.6 Å². The van der Waals surface area contributed by atoms with Crippen molar-refractivity contribution in [3.8, 4) is 0 Å². The topological polar surface area (TPSA) is 73.2 Å². The van der Waals surface area contributed by atoms with Crippen molar-refractivity contribution in [2.24, 2.45) is 10.4 Å². The molecule has 1 aromatic rings. The fraction of sp³-hybridized carbons (Fsp3) is 0.367. The quantitative estimate of drug-likeness (QED) is 0.393. The van der Waals surface area contributed by atoms with E-state index in [4.69, 9.17) is 10.1 Å². The molecule has 1 saturated heterocycles. The molecule has 37 heavy (non-hydrogen) atoms. The lowest BCUT2D eigenvalue weighted by molar-refractivity contribution is -0.132. The highest BCUT2D eigenvalue weighted by Gasteiger charge is 2.44. The van der Waals surface area contributed by atoms with E-state index < -0.39 is 11.8 Å². The van der Waals surface area contributed by atoms with Gasteiger partial charge in [0.25, 0.3) is 5.91 Å². The minimum Gasteiger partial charge on any atom is -0.478 e. The van der Waals surface area contributed by atoms with Gasteiger partial charge in [-0.25, -0.2) is 14.2 Å². The molecule has 6 nitrogen and oxygen atoms in total. The molecule has 7 heteroatoms. The predicted molar refractivity (Wildman–Crippen MR) is 145 cm³/mol. The van der Waals surface area contributed by atoms with Crippen LogP contribution in [0.2, 0.25) is 0 Å². The summed E-state index contributed by atoms with van der Waals surface area (Å²) in [5.41, 5.74) is 2.57. The van der Waals surface area contributed by atoms with Gasteiger partial charge in [0.2, 0.25) is 0 Å². The van der Waals surface area contributed by atoms with Crippen molar-refractivity contribution in [3.63, 3.8) is 0 Å². The number of nitrogens with zero attached hydrogens (tertiary/aromatic N) is 3. The summed E-state index contributed by atoms with van der Waals surface area (Å²) < 4.78 is 14.9. The van der Waals surface area contributed by atoms with E-state index in [1.54, 1.807) is 18.2 Å². The van der Waals surface area contributed by atoms with E-state index in [9.17, 15) is 14.0 Å². The van der Waals surface area contributed by atoms with Crippen LogP contribution in [-0.4, -0.2) is 52.1 Å². The zero-order valence-electron chi connectivity index (χ0n) is 21.7. The van der Waals surface area contributed by atoms with Gasteiger partial charge in [-0.3, -0.25) is 4.79 Å². The van der Waals surface area contributed by atoms with Gasteiger partial charge in [0, 0.05) is 37.0 Å². The Kier molecular flexibility index (Phi) is 7.62.